The van der Waals surface area contributed by atoms with Crippen LogP contribution in [0.3, 0.4) is 0 Å². The normalized spacial score (nSPS) is 11.3. The summed E-state index contributed by atoms with van der Waals surface area (Å²) in [6.45, 7) is 3.92. The lowest BCUT2D eigenvalue weighted by atomic mass is 10.1. The lowest BCUT2D eigenvalue weighted by molar-refractivity contribution is 0.468. The Morgan fingerprint density at radius 2 is 1.95 bits per heavy atom. The zero-order chi connectivity index (χ0) is 16.3. The van der Waals surface area contributed by atoms with E-state index < -0.39 is 0 Å². The number of phenolic OH excluding ortho intramolecular Hbond substituents is 1. The van der Waals surface area contributed by atoms with Gasteiger partial charge in [0.2, 0.25) is 5.95 Å². The summed E-state index contributed by atoms with van der Waals surface area (Å²) >= 11 is 6.49. The minimum Gasteiger partial charge on any atom is -0.506 e. The molecule has 6 nitrogen and oxygen atoms in total. The van der Waals surface area contributed by atoms with Gasteiger partial charge in [-0.05, 0) is 55.5 Å². The molecule has 1 aromatic heterocycles. The minimum atomic E-state index is -0.230. The molecule has 0 saturated carbocycles. The molecule has 0 unspecified atom stereocenters. The Kier molecular flexibility index (Phi) is 5.36. The summed E-state index contributed by atoms with van der Waals surface area (Å²) in [5, 5.41) is 13.7. The Bertz CT molecular complexity index is 749. The fourth-order valence-electron chi connectivity index (χ4n) is 1.65. The third-order valence-corrected chi connectivity index (χ3v) is 3.99. The number of phenols is 1. The molecule has 2 rings (SSSR count). The number of aromatic amines is 1. The van der Waals surface area contributed by atoms with Crippen molar-refractivity contribution in [3.05, 3.63) is 48.8 Å². The van der Waals surface area contributed by atoms with Gasteiger partial charge in [-0.1, -0.05) is 13.8 Å². The minimum absolute atomic E-state index is 0.126. The van der Waals surface area contributed by atoms with Crippen LogP contribution in [0.2, 0.25) is 0 Å². The van der Waals surface area contributed by atoms with Gasteiger partial charge in [0.15, 0.2) is 0 Å². The van der Waals surface area contributed by atoms with Crippen molar-refractivity contribution in [3.8, 4) is 5.75 Å². The first-order valence-electron chi connectivity index (χ1n) is 6.45. The molecule has 0 fully saturated rings. The highest BCUT2D eigenvalue weighted by molar-refractivity contribution is 9.11. The van der Waals surface area contributed by atoms with Crippen LogP contribution < -0.4 is 11.0 Å². The van der Waals surface area contributed by atoms with Crippen molar-refractivity contribution in [2.45, 2.75) is 19.8 Å². The van der Waals surface area contributed by atoms with E-state index in [2.05, 4.69) is 52.4 Å². The number of nitrogens with one attached hydrogen (secondary N) is 2. The molecule has 0 aliphatic rings. The third-order valence-electron chi connectivity index (χ3n) is 2.78. The van der Waals surface area contributed by atoms with E-state index in [1.165, 1.54) is 6.07 Å². The summed E-state index contributed by atoms with van der Waals surface area (Å²) < 4.78 is 1.10. The van der Waals surface area contributed by atoms with Crippen LogP contribution in [0.5, 0.6) is 5.75 Å². The van der Waals surface area contributed by atoms with E-state index in [-0.39, 0.29) is 23.2 Å². The number of hydrogen-bond acceptors (Lipinski definition) is 5. The smallest absolute Gasteiger partial charge is 0.252 e. The van der Waals surface area contributed by atoms with Crippen LogP contribution in [0.25, 0.3) is 0 Å². The maximum atomic E-state index is 11.5. The van der Waals surface area contributed by atoms with Crippen LogP contribution in [0.1, 0.15) is 31.0 Å². The van der Waals surface area contributed by atoms with Crippen LogP contribution in [0.4, 0.5) is 5.95 Å². The molecule has 2 aromatic rings. The lowest BCUT2D eigenvalue weighted by Gasteiger charge is -2.06. The standard InChI is InChI=1S/C14H14Br2N4O2/c1-7(2)11-5-12(21)19-14(18-11)20-17-6-8-3-9(15)13(22)10(16)4-8/h3-7,22H,1-2H3,(H2,18,19,20,21)/b17-6-. The fourth-order valence-corrected chi connectivity index (χ4v) is 2.87. The van der Waals surface area contributed by atoms with Gasteiger partial charge in [0.1, 0.15) is 5.75 Å². The van der Waals surface area contributed by atoms with Crippen LogP contribution >= 0.6 is 31.9 Å². The number of H-pyrrole nitrogens is 1. The number of aromatic hydroxyl groups is 1. The highest BCUT2D eigenvalue weighted by Gasteiger charge is 2.06. The Balaban J connectivity index is 2.18. The molecule has 0 aliphatic heterocycles. The Morgan fingerprint density at radius 1 is 1.32 bits per heavy atom. The molecule has 1 heterocycles. The number of anilines is 1. The zero-order valence-electron chi connectivity index (χ0n) is 11.9. The van der Waals surface area contributed by atoms with Crippen molar-refractivity contribution < 1.29 is 5.11 Å². The molecule has 1 aromatic carbocycles. The lowest BCUT2D eigenvalue weighted by Crippen LogP contribution is -2.12. The van der Waals surface area contributed by atoms with E-state index in [0.29, 0.717) is 14.6 Å². The number of halogens is 2. The predicted octanol–water partition coefficient (Wildman–Crippen LogP) is 3.57. The van der Waals surface area contributed by atoms with Crippen LogP contribution in [-0.4, -0.2) is 21.3 Å². The SMILES string of the molecule is CC(C)c1cc(=O)[nH]c(N/N=C\c2cc(Br)c(O)c(Br)c2)n1. The number of hydrazone groups is 1. The average Bonchev–Trinajstić information content (AvgIpc) is 2.44. The molecular formula is C14H14Br2N4O2. The summed E-state index contributed by atoms with van der Waals surface area (Å²) in [6.07, 6.45) is 1.55. The molecule has 0 radical (unpaired) electrons. The van der Waals surface area contributed by atoms with E-state index in [0.717, 1.165) is 5.56 Å². The summed E-state index contributed by atoms with van der Waals surface area (Å²) in [6, 6.07) is 4.89. The van der Waals surface area contributed by atoms with E-state index >= 15 is 0 Å². The highest BCUT2D eigenvalue weighted by atomic mass is 79.9. The molecule has 3 N–H and O–H groups in total. The molecule has 0 atom stereocenters. The number of nitrogens with zero attached hydrogens (tertiary/aromatic N) is 2. The van der Waals surface area contributed by atoms with Gasteiger partial charge >= 0.3 is 0 Å². The zero-order valence-corrected chi connectivity index (χ0v) is 15.1. The van der Waals surface area contributed by atoms with Crippen molar-refractivity contribution in [2.75, 3.05) is 5.43 Å². The summed E-state index contributed by atoms with van der Waals surface area (Å²) in [5.74, 6) is 0.556. The Labute approximate surface area is 143 Å². The molecule has 116 valence electrons. The molecule has 0 bridgehead atoms. The number of hydrogen-bond donors (Lipinski definition) is 3. The largest absolute Gasteiger partial charge is 0.506 e. The van der Waals surface area contributed by atoms with Gasteiger partial charge < -0.3 is 5.11 Å². The van der Waals surface area contributed by atoms with Crippen molar-refractivity contribution in [1.82, 2.24) is 9.97 Å². The van der Waals surface area contributed by atoms with Gasteiger partial charge in [-0.25, -0.2) is 10.4 Å². The summed E-state index contributed by atoms with van der Waals surface area (Å²) in [7, 11) is 0. The molecule has 0 aliphatic carbocycles. The first kappa shape index (κ1) is 16.7. The maximum absolute atomic E-state index is 11.5. The third kappa shape index (κ3) is 4.17. The topological polar surface area (TPSA) is 90.4 Å². The number of aromatic nitrogens is 2. The molecular weight excluding hydrogens is 416 g/mol. The second-order valence-corrected chi connectivity index (χ2v) is 6.59. The van der Waals surface area contributed by atoms with E-state index in [4.69, 9.17) is 0 Å². The van der Waals surface area contributed by atoms with Crippen molar-refractivity contribution in [3.63, 3.8) is 0 Å². The monoisotopic (exact) mass is 428 g/mol. The molecule has 8 heteroatoms. The van der Waals surface area contributed by atoms with Crippen LogP contribution in [0.15, 0.2) is 37.0 Å². The van der Waals surface area contributed by atoms with Gasteiger partial charge in [0.25, 0.3) is 5.56 Å². The highest BCUT2D eigenvalue weighted by Crippen LogP contribution is 2.32. The summed E-state index contributed by atoms with van der Waals surface area (Å²) in [4.78, 5) is 18.4. The van der Waals surface area contributed by atoms with Gasteiger partial charge in [0, 0.05) is 6.07 Å². The van der Waals surface area contributed by atoms with Crippen molar-refractivity contribution in [1.29, 1.82) is 0 Å². The summed E-state index contributed by atoms with van der Waals surface area (Å²) in [5.41, 5.74) is 3.91. The van der Waals surface area contributed by atoms with Gasteiger partial charge in [0.05, 0.1) is 20.9 Å². The molecule has 0 spiro atoms. The number of rotatable bonds is 4. The molecule has 22 heavy (non-hydrogen) atoms. The van der Waals surface area contributed by atoms with Crippen molar-refractivity contribution >= 4 is 44.0 Å². The Morgan fingerprint density at radius 3 is 2.55 bits per heavy atom. The first-order chi connectivity index (χ1) is 10.4. The van der Waals surface area contributed by atoms with Gasteiger partial charge in [-0.3, -0.25) is 9.78 Å². The van der Waals surface area contributed by atoms with Crippen LogP contribution in [0, 0.1) is 0 Å². The molecule has 0 saturated heterocycles. The van der Waals surface area contributed by atoms with E-state index in [1.54, 1.807) is 18.3 Å². The van der Waals surface area contributed by atoms with Crippen molar-refractivity contribution in [2.24, 2.45) is 5.10 Å². The van der Waals surface area contributed by atoms with E-state index in [9.17, 15) is 9.90 Å². The average molecular weight is 430 g/mol. The second-order valence-electron chi connectivity index (χ2n) is 4.88. The van der Waals surface area contributed by atoms with Gasteiger partial charge in [-0.15, -0.1) is 0 Å². The maximum Gasteiger partial charge on any atom is 0.252 e. The Hall–Kier alpha value is -1.67. The molecule has 0 amide bonds. The van der Waals surface area contributed by atoms with Crippen LogP contribution in [-0.2, 0) is 0 Å². The second kappa shape index (κ2) is 7.06. The predicted molar refractivity (Wildman–Crippen MR) is 93.7 cm³/mol. The first-order valence-corrected chi connectivity index (χ1v) is 8.03. The van der Waals surface area contributed by atoms with Gasteiger partial charge in [-0.2, -0.15) is 5.10 Å². The van der Waals surface area contributed by atoms with E-state index in [1.807, 2.05) is 13.8 Å². The fraction of sp³-hybridized carbons (Fsp3) is 0.214. The number of benzene rings is 1. The quantitative estimate of drug-likeness (QED) is 0.511.